The van der Waals surface area contributed by atoms with E-state index < -0.39 is 0 Å². The van der Waals surface area contributed by atoms with Crippen LogP contribution in [0.5, 0.6) is 0 Å². The van der Waals surface area contributed by atoms with Crippen molar-refractivity contribution in [3.8, 4) is 28.7 Å². The van der Waals surface area contributed by atoms with Crippen molar-refractivity contribution in [2.45, 2.75) is 6.92 Å². The molecular formula is C19H13BrN4O2. The Morgan fingerprint density at radius 1 is 1.08 bits per heavy atom. The average Bonchev–Trinajstić information content (AvgIpc) is 3.12. The molecule has 0 bridgehead atoms. The van der Waals surface area contributed by atoms with Crippen molar-refractivity contribution in [1.82, 2.24) is 19.9 Å². The largest absolute Gasteiger partial charge is 0.332 e. The van der Waals surface area contributed by atoms with Gasteiger partial charge < -0.3 is 4.52 Å². The normalized spacial score (nSPS) is 10.8. The third-order valence-corrected chi connectivity index (χ3v) is 4.28. The van der Waals surface area contributed by atoms with Crippen LogP contribution >= 0.6 is 15.9 Å². The summed E-state index contributed by atoms with van der Waals surface area (Å²) in [6.45, 7) is 1.99. The van der Waals surface area contributed by atoms with Gasteiger partial charge in [-0.25, -0.2) is 4.68 Å². The van der Waals surface area contributed by atoms with Crippen LogP contribution in [0.2, 0.25) is 0 Å². The Balaban J connectivity index is 1.77. The van der Waals surface area contributed by atoms with Crippen molar-refractivity contribution >= 4 is 15.9 Å². The van der Waals surface area contributed by atoms with E-state index >= 15 is 0 Å². The lowest BCUT2D eigenvalue weighted by molar-refractivity contribution is 0.429. The van der Waals surface area contributed by atoms with Crippen LogP contribution in [-0.4, -0.2) is 19.9 Å². The van der Waals surface area contributed by atoms with Crippen molar-refractivity contribution in [3.05, 3.63) is 81.1 Å². The number of benzene rings is 2. The molecule has 0 radical (unpaired) electrons. The summed E-state index contributed by atoms with van der Waals surface area (Å²) in [6, 6.07) is 16.8. The predicted molar refractivity (Wildman–Crippen MR) is 101 cm³/mol. The van der Waals surface area contributed by atoms with Gasteiger partial charge in [0.15, 0.2) is 5.69 Å². The molecule has 2 aromatic carbocycles. The molecule has 0 amide bonds. The first-order valence-corrected chi connectivity index (χ1v) is 8.66. The van der Waals surface area contributed by atoms with Crippen LogP contribution in [0.3, 0.4) is 0 Å². The molecule has 0 aliphatic heterocycles. The van der Waals surface area contributed by atoms with Gasteiger partial charge in [0.05, 0.1) is 5.69 Å². The number of hydrogen-bond donors (Lipinski definition) is 0. The summed E-state index contributed by atoms with van der Waals surface area (Å²) in [5.74, 6) is 0.513. The molecule has 2 heterocycles. The van der Waals surface area contributed by atoms with Crippen molar-refractivity contribution in [1.29, 1.82) is 0 Å². The van der Waals surface area contributed by atoms with E-state index in [4.69, 9.17) is 4.52 Å². The molecule has 0 aliphatic rings. The van der Waals surface area contributed by atoms with Gasteiger partial charge in [0, 0.05) is 22.3 Å². The van der Waals surface area contributed by atoms with Crippen LogP contribution in [0.25, 0.3) is 28.7 Å². The molecule has 0 spiro atoms. The van der Waals surface area contributed by atoms with E-state index in [9.17, 15) is 4.79 Å². The second-order valence-corrected chi connectivity index (χ2v) is 6.66. The van der Waals surface area contributed by atoms with Gasteiger partial charge in [0.2, 0.25) is 11.3 Å². The van der Waals surface area contributed by atoms with E-state index in [1.54, 1.807) is 10.9 Å². The number of halogens is 1. The molecule has 2 aromatic heterocycles. The molecule has 0 fully saturated rings. The maximum absolute atomic E-state index is 12.3. The van der Waals surface area contributed by atoms with Gasteiger partial charge in [0.25, 0.3) is 5.89 Å². The molecule has 0 unspecified atom stereocenters. The number of hydrogen-bond acceptors (Lipinski definition) is 5. The van der Waals surface area contributed by atoms with E-state index in [2.05, 4.69) is 31.2 Å². The van der Waals surface area contributed by atoms with E-state index in [1.807, 2.05) is 55.5 Å². The topological polar surface area (TPSA) is 73.8 Å². The van der Waals surface area contributed by atoms with Crippen molar-refractivity contribution in [3.63, 3.8) is 0 Å². The second-order valence-electron chi connectivity index (χ2n) is 5.75. The van der Waals surface area contributed by atoms with Crippen molar-refractivity contribution in [2.75, 3.05) is 0 Å². The number of aromatic nitrogens is 4. The van der Waals surface area contributed by atoms with Gasteiger partial charge in [-0.05, 0) is 31.2 Å². The van der Waals surface area contributed by atoms with E-state index in [0.717, 1.165) is 21.3 Å². The van der Waals surface area contributed by atoms with Crippen LogP contribution in [0, 0.1) is 6.92 Å². The lowest BCUT2D eigenvalue weighted by atomic mass is 10.1. The summed E-state index contributed by atoms with van der Waals surface area (Å²) >= 11 is 3.43. The summed E-state index contributed by atoms with van der Waals surface area (Å²) in [6.07, 6.45) is 1.60. The summed E-state index contributed by atoms with van der Waals surface area (Å²) in [7, 11) is 0. The fraction of sp³-hybridized carbons (Fsp3) is 0.0526. The smallest absolute Gasteiger partial charge is 0.282 e. The molecule has 6 nitrogen and oxygen atoms in total. The van der Waals surface area contributed by atoms with Gasteiger partial charge in [-0.1, -0.05) is 50.9 Å². The standard InChI is InChI=1S/C19H13BrN4O2/c1-12-4-2-5-13(10-12)18-21-19(26-23-18)17-16(25)8-9-24(22-17)15-7-3-6-14(20)11-15/h2-11H,1H3. The Labute approximate surface area is 157 Å². The molecule has 0 N–H and O–H groups in total. The fourth-order valence-corrected chi connectivity index (χ4v) is 2.93. The van der Waals surface area contributed by atoms with Crippen LogP contribution in [0.15, 0.2) is 74.6 Å². The third kappa shape index (κ3) is 3.21. The highest BCUT2D eigenvalue weighted by atomic mass is 79.9. The Bertz CT molecular complexity index is 1150. The highest BCUT2D eigenvalue weighted by molar-refractivity contribution is 9.10. The molecule has 128 valence electrons. The lowest BCUT2D eigenvalue weighted by Gasteiger charge is -2.06. The average molecular weight is 409 g/mol. The number of aryl methyl sites for hydroxylation is 1. The quantitative estimate of drug-likeness (QED) is 0.511. The van der Waals surface area contributed by atoms with Gasteiger partial charge in [-0.15, -0.1) is 0 Å². The molecule has 4 aromatic rings. The molecule has 0 saturated carbocycles. The molecule has 26 heavy (non-hydrogen) atoms. The number of nitrogens with zero attached hydrogens (tertiary/aromatic N) is 4. The van der Waals surface area contributed by atoms with Crippen LogP contribution in [-0.2, 0) is 0 Å². The first kappa shape index (κ1) is 16.4. The summed E-state index contributed by atoms with van der Waals surface area (Å²) < 4.78 is 7.80. The zero-order valence-electron chi connectivity index (χ0n) is 13.8. The Morgan fingerprint density at radius 3 is 2.73 bits per heavy atom. The zero-order valence-corrected chi connectivity index (χ0v) is 15.3. The second kappa shape index (κ2) is 6.68. The summed E-state index contributed by atoms with van der Waals surface area (Å²) in [4.78, 5) is 16.6. The van der Waals surface area contributed by atoms with Gasteiger partial charge in [0.1, 0.15) is 0 Å². The van der Waals surface area contributed by atoms with Gasteiger partial charge in [-0.3, -0.25) is 4.79 Å². The maximum atomic E-state index is 12.3. The van der Waals surface area contributed by atoms with Gasteiger partial charge >= 0.3 is 0 Å². The fourth-order valence-electron chi connectivity index (χ4n) is 2.54. The summed E-state index contributed by atoms with van der Waals surface area (Å²) in [5, 5.41) is 8.35. The van der Waals surface area contributed by atoms with Crippen LogP contribution < -0.4 is 5.43 Å². The maximum Gasteiger partial charge on any atom is 0.282 e. The highest BCUT2D eigenvalue weighted by Gasteiger charge is 2.16. The minimum atomic E-state index is -0.282. The number of rotatable bonds is 3. The first-order chi connectivity index (χ1) is 12.6. The highest BCUT2D eigenvalue weighted by Crippen LogP contribution is 2.21. The molecule has 7 heteroatoms. The first-order valence-electron chi connectivity index (χ1n) is 7.87. The van der Waals surface area contributed by atoms with E-state index in [-0.39, 0.29) is 17.0 Å². The van der Waals surface area contributed by atoms with Crippen LogP contribution in [0.1, 0.15) is 5.56 Å². The lowest BCUT2D eigenvalue weighted by Crippen LogP contribution is -2.12. The minimum absolute atomic E-state index is 0.0934. The van der Waals surface area contributed by atoms with Crippen molar-refractivity contribution < 1.29 is 4.52 Å². The molecule has 0 aliphatic carbocycles. The SMILES string of the molecule is Cc1cccc(-c2noc(-c3nn(-c4cccc(Br)c4)ccc3=O)n2)c1. The molecular weight excluding hydrogens is 396 g/mol. The van der Waals surface area contributed by atoms with Crippen molar-refractivity contribution in [2.24, 2.45) is 0 Å². The zero-order chi connectivity index (χ0) is 18.1. The monoisotopic (exact) mass is 408 g/mol. The van der Waals surface area contributed by atoms with Gasteiger partial charge in [-0.2, -0.15) is 10.1 Å². The molecule has 0 saturated heterocycles. The van der Waals surface area contributed by atoms with E-state index in [1.165, 1.54) is 6.07 Å². The molecule has 4 rings (SSSR count). The Kier molecular flexibility index (Phi) is 4.22. The Hall–Kier alpha value is -3.06. The van der Waals surface area contributed by atoms with Crippen LogP contribution in [0.4, 0.5) is 0 Å². The van der Waals surface area contributed by atoms with E-state index in [0.29, 0.717) is 5.82 Å². The predicted octanol–water partition coefficient (Wildman–Crippen LogP) is 4.02. The third-order valence-electron chi connectivity index (χ3n) is 3.79. The minimum Gasteiger partial charge on any atom is -0.332 e. The summed E-state index contributed by atoms with van der Waals surface area (Å²) in [5.41, 5.74) is 2.54. The molecule has 0 atom stereocenters. The Morgan fingerprint density at radius 2 is 1.92 bits per heavy atom.